The summed E-state index contributed by atoms with van der Waals surface area (Å²) in [5.74, 6) is 0.383. The second-order valence-corrected chi connectivity index (χ2v) is 11.6. The van der Waals surface area contributed by atoms with Gasteiger partial charge in [-0.1, -0.05) is 37.5 Å². The number of ether oxygens (including phenoxy) is 2. The Morgan fingerprint density at radius 1 is 1.07 bits per heavy atom. The Bertz CT molecular complexity index is 1050. The first kappa shape index (κ1) is 28.8. The molecule has 0 unspecified atom stereocenters. The van der Waals surface area contributed by atoms with E-state index in [4.69, 9.17) is 9.47 Å². The van der Waals surface area contributed by atoms with Crippen LogP contribution in [0.5, 0.6) is 5.75 Å². The maximum absolute atomic E-state index is 14.4. The molecule has 3 amide bonds. The zero-order valence-electron chi connectivity index (χ0n) is 23.9. The van der Waals surface area contributed by atoms with E-state index >= 15 is 0 Å². The van der Waals surface area contributed by atoms with Gasteiger partial charge in [0.25, 0.3) is 0 Å². The Morgan fingerprint density at radius 3 is 2.65 bits per heavy atom. The molecule has 10 heteroatoms. The lowest BCUT2D eigenvalue weighted by molar-refractivity contribution is -0.149. The number of likely N-dealkylation sites (N-methyl/N-ethyl adjacent to an activating group) is 1. The van der Waals surface area contributed by atoms with Crippen LogP contribution in [-0.4, -0.2) is 98.2 Å². The van der Waals surface area contributed by atoms with Gasteiger partial charge in [0.2, 0.25) is 17.7 Å². The number of hydrogen-bond acceptors (Lipinski definition) is 7. The number of fused-ring (bicyclic) bond motifs is 2. The van der Waals surface area contributed by atoms with E-state index in [1.165, 1.54) is 0 Å². The van der Waals surface area contributed by atoms with Crippen LogP contribution in [0, 0.1) is 5.92 Å². The molecule has 1 aromatic rings. The minimum Gasteiger partial charge on any atom is -0.493 e. The molecule has 5 atom stereocenters. The molecule has 10 nitrogen and oxygen atoms in total. The van der Waals surface area contributed by atoms with Gasteiger partial charge in [0, 0.05) is 44.3 Å². The standard InChI is InChI=1S/C30H45N5O5/c1-3-39-22-15-21-17-35(30(38)28(33-27(36)16-31-2)20-9-5-4-6-10-20)25(19-34(21)18-22)29(37)32-24-13-14-40-26-12-8-7-11-23(24)26/h7-8,11-12,20-22,24-25,28,31H,3-6,9-10,13-19H2,1-2H3,(H,32,37)(H,33,36)/t21-,22-,24-,25+,28+/m1/s1. The molecular weight excluding hydrogens is 510 g/mol. The molecule has 1 aromatic carbocycles. The van der Waals surface area contributed by atoms with Crippen LogP contribution in [0.2, 0.25) is 0 Å². The van der Waals surface area contributed by atoms with Crippen molar-refractivity contribution >= 4 is 17.7 Å². The van der Waals surface area contributed by atoms with Crippen LogP contribution in [0.3, 0.4) is 0 Å². The molecule has 40 heavy (non-hydrogen) atoms. The number of carbonyl (C=O) groups is 3. The zero-order chi connectivity index (χ0) is 28.1. The molecule has 0 bridgehead atoms. The van der Waals surface area contributed by atoms with Crippen molar-refractivity contribution in [1.82, 2.24) is 25.8 Å². The molecule has 0 radical (unpaired) electrons. The summed E-state index contributed by atoms with van der Waals surface area (Å²) in [4.78, 5) is 45.2. The van der Waals surface area contributed by atoms with Crippen LogP contribution in [0.4, 0.5) is 0 Å². The van der Waals surface area contributed by atoms with E-state index in [-0.39, 0.29) is 48.4 Å². The fraction of sp³-hybridized carbons (Fsp3) is 0.700. The number of hydrogen-bond donors (Lipinski definition) is 3. The van der Waals surface area contributed by atoms with Crippen LogP contribution >= 0.6 is 0 Å². The van der Waals surface area contributed by atoms with E-state index in [1.54, 1.807) is 11.9 Å². The number of nitrogens with zero attached hydrogens (tertiary/aromatic N) is 2. The van der Waals surface area contributed by atoms with E-state index in [2.05, 4.69) is 20.9 Å². The third-order valence-corrected chi connectivity index (χ3v) is 8.98. The van der Waals surface area contributed by atoms with Crippen molar-refractivity contribution in [2.24, 2.45) is 5.92 Å². The molecule has 3 fully saturated rings. The van der Waals surface area contributed by atoms with Gasteiger partial charge in [0.05, 0.1) is 25.3 Å². The first-order valence-electron chi connectivity index (χ1n) is 15.1. The third kappa shape index (κ3) is 6.44. The van der Waals surface area contributed by atoms with Crippen LogP contribution in [0.25, 0.3) is 0 Å². The molecule has 5 rings (SSSR count). The maximum atomic E-state index is 14.4. The van der Waals surface area contributed by atoms with Crippen molar-refractivity contribution in [3.05, 3.63) is 29.8 Å². The quantitative estimate of drug-likeness (QED) is 0.424. The number of rotatable bonds is 9. The van der Waals surface area contributed by atoms with Gasteiger partial charge >= 0.3 is 0 Å². The summed E-state index contributed by atoms with van der Waals surface area (Å²) in [6.45, 7) is 4.99. The Labute approximate surface area is 237 Å². The highest BCUT2D eigenvalue weighted by Crippen LogP contribution is 2.34. The minimum atomic E-state index is -0.647. The highest BCUT2D eigenvalue weighted by molar-refractivity contribution is 5.93. The van der Waals surface area contributed by atoms with E-state index in [0.717, 1.165) is 56.4 Å². The number of piperazine rings is 1. The van der Waals surface area contributed by atoms with Crippen molar-refractivity contribution in [2.45, 2.75) is 82.1 Å². The summed E-state index contributed by atoms with van der Waals surface area (Å²) >= 11 is 0. The molecule has 3 aliphatic heterocycles. The lowest BCUT2D eigenvalue weighted by atomic mass is 9.83. The first-order valence-corrected chi connectivity index (χ1v) is 15.1. The normalized spacial score (nSPS) is 27.7. The van der Waals surface area contributed by atoms with Crippen molar-refractivity contribution in [3.63, 3.8) is 0 Å². The number of nitrogens with one attached hydrogen (secondary N) is 3. The Hall–Kier alpha value is -2.69. The molecule has 1 saturated carbocycles. The SMILES string of the molecule is CCO[C@@H]1C[C@@H]2CN(C(=O)[C@@H](NC(=O)CNC)C3CCCCC3)[C@H](C(=O)N[C@@H]3CCOc4ccccc43)CN2C1. The van der Waals surface area contributed by atoms with E-state index in [9.17, 15) is 14.4 Å². The summed E-state index contributed by atoms with van der Waals surface area (Å²) in [7, 11) is 1.72. The van der Waals surface area contributed by atoms with Crippen molar-refractivity contribution in [3.8, 4) is 5.75 Å². The van der Waals surface area contributed by atoms with Crippen LogP contribution in [0.15, 0.2) is 24.3 Å². The van der Waals surface area contributed by atoms with Gasteiger partial charge < -0.3 is 30.3 Å². The largest absolute Gasteiger partial charge is 0.493 e. The molecule has 220 valence electrons. The van der Waals surface area contributed by atoms with Gasteiger partial charge in [-0.3, -0.25) is 19.3 Å². The monoisotopic (exact) mass is 555 g/mol. The highest BCUT2D eigenvalue weighted by Gasteiger charge is 2.47. The Morgan fingerprint density at radius 2 is 1.88 bits per heavy atom. The molecule has 1 aliphatic carbocycles. The first-order chi connectivity index (χ1) is 19.5. The molecule has 4 aliphatic rings. The predicted octanol–water partition coefficient (Wildman–Crippen LogP) is 1.60. The molecule has 0 aromatic heterocycles. The van der Waals surface area contributed by atoms with Gasteiger partial charge in [-0.2, -0.15) is 0 Å². The van der Waals surface area contributed by atoms with Crippen LogP contribution < -0.4 is 20.7 Å². The second-order valence-electron chi connectivity index (χ2n) is 11.6. The van der Waals surface area contributed by atoms with Gasteiger partial charge in [0.15, 0.2) is 0 Å². The van der Waals surface area contributed by atoms with Crippen molar-refractivity contribution in [1.29, 1.82) is 0 Å². The number of benzene rings is 1. The number of amides is 3. The Kier molecular flexibility index (Phi) is 9.59. The second kappa shape index (κ2) is 13.3. The topological polar surface area (TPSA) is 112 Å². The summed E-state index contributed by atoms with van der Waals surface area (Å²) in [6.07, 6.45) is 6.67. The Balaban J connectivity index is 1.39. The van der Waals surface area contributed by atoms with E-state index in [1.807, 2.05) is 31.2 Å². The fourth-order valence-corrected chi connectivity index (χ4v) is 7.02. The molecule has 3 heterocycles. The van der Waals surface area contributed by atoms with Gasteiger partial charge in [-0.05, 0) is 45.2 Å². The fourth-order valence-electron chi connectivity index (χ4n) is 7.02. The van der Waals surface area contributed by atoms with Gasteiger partial charge in [-0.15, -0.1) is 0 Å². The van der Waals surface area contributed by atoms with Crippen LogP contribution in [0.1, 0.15) is 63.5 Å². The predicted molar refractivity (Wildman–Crippen MR) is 151 cm³/mol. The maximum Gasteiger partial charge on any atom is 0.246 e. The van der Waals surface area contributed by atoms with Gasteiger partial charge in [0.1, 0.15) is 17.8 Å². The number of carbonyl (C=O) groups excluding carboxylic acids is 3. The lowest BCUT2D eigenvalue weighted by Crippen LogP contribution is -2.66. The average molecular weight is 556 g/mol. The summed E-state index contributed by atoms with van der Waals surface area (Å²) < 4.78 is 11.7. The lowest BCUT2D eigenvalue weighted by Gasteiger charge is -2.45. The third-order valence-electron chi connectivity index (χ3n) is 8.98. The number of para-hydroxylation sites is 1. The average Bonchev–Trinajstić information content (AvgIpc) is 3.37. The van der Waals surface area contributed by atoms with Gasteiger partial charge in [-0.25, -0.2) is 0 Å². The molecular formula is C30H45N5O5. The highest BCUT2D eigenvalue weighted by atomic mass is 16.5. The van der Waals surface area contributed by atoms with Crippen molar-refractivity contribution < 1.29 is 23.9 Å². The molecule has 0 spiro atoms. The van der Waals surface area contributed by atoms with Crippen molar-refractivity contribution in [2.75, 3.05) is 46.4 Å². The van der Waals surface area contributed by atoms with Crippen LogP contribution in [-0.2, 0) is 19.1 Å². The van der Waals surface area contributed by atoms with E-state index < -0.39 is 12.1 Å². The molecule has 2 saturated heterocycles. The zero-order valence-corrected chi connectivity index (χ0v) is 23.9. The summed E-state index contributed by atoms with van der Waals surface area (Å²) in [6, 6.07) is 6.48. The molecule has 3 N–H and O–H groups in total. The smallest absolute Gasteiger partial charge is 0.246 e. The summed E-state index contributed by atoms with van der Waals surface area (Å²) in [5.41, 5.74) is 0.964. The van der Waals surface area contributed by atoms with E-state index in [0.29, 0.717) is 32.7 Å². The minimum absolute atomic E-state index is 0.0749. The summed E-state index contributed by atoms with van der Waals surface area (Å²) in [5, 5.41) is 9.20.